The summed E-state index contributed by atoms with van der Waals surface area (Å²) in [6, 6.07) is 6.84. The molecule has 0 amide bonds. The normalized spacial score (nSPS) is 28.6. The van der Waals surface area contributed by atoms with Gasteiger partial charge in [0.25, 0.3) is 0 Å². The number of fused-ring (bicyclic) bond motifs is 2. The van der Waals surface area contributed by atoms with Crippen molar-refractivity contribution < 1.29 is 4.79 Å². The molecule has 3 heteroatoms. The van der Waals surface area contributed by atoms with Crippen LogP contribution in [0.15, 0.2) is 47.6 Å². The number of benzene rings is 1. The number of likely N-dealkylation sites (N-methyl/N-ethyl adjacent to an activating group) is 1. The molecule has 0 saturated carbocycles. The first-order valence-electron chi connectivity index (χ1n) is 8.43. The van der Waals surface area contributed by atoms with E-state index in [-0.39, 0.29) is 0 Å². The highest BCUT2D eigenvalue weighted by molar-refractivity contribution is 6.06. The monoisotopic (exact) mass is 304 g/mol. The van der Waals surface area contributed by atoms with Crippen molar-refractivity contribution in [2.75, 3.05) is 25.0 Å². The number of carbonyl (C=O) groups excluding carboxylic acids is 1. The molecule has 1 aromatic carbocycles. The lowest BCUT2D eigenvalue weighted by molar-refractivity contribution is 0.0944. The molecule has 2 unspecified atom stereocenters. The van der Waals surface area contributed by atoms with Gasteiger partial charge in [0.1, 0.15) is 0 Å². The van der Waals surface area contributed by atoms with Gasteiger partial charge in [0.2, 0.25) is 0 Å². The number of carbonyl (C=O) groups is 1. The quantitative estimate of drug-likeness (QED) is 0.736. The Balaban J connectivity index is 1.80. The van der Waals surface area contributed by atoms with Crippen molar-refractivity contribution in [2.24, 2.45) is 0 Å². The third-order valence-corrected chi connectivity index (χ3v) is 5.59. The van der Waals surface area contributed by atoms with Crippen LogP contribution in [0.1, 0.15) is 28.8 Å². The Hall–Kier alpha value is -2.13. The summed E-state index contributed by atoms with van der Waals surface area (Å²) in [5, 5.41) is 0. The van der Waals surface area contributed by atoms with Crippen LogP contribution >= 0.6 is 0 Å². The second kappa shape index (κ2) is 4.68. The predicted octanol–water partition coefficient (Wildman–Crippen LogP) is 3.05. The summed E-state index contributed by atoms with van der Waals surface area (Å²) in [6.07, 6.45) is 10.6. The number of anilines is 1. The van der Waals surface area contributed by atoms with Crippen LogP contribution in [0.5, 0.6) is 0 Å². The van der Waals surface area contributed by atoms with E-state index in [0.29, 0.717) is 24.3 Å². The van der Waals surface area contributed by atoms with Crippen molar-refractivity contribution in [1.29, 1.82) is 0 Å². The van der Waals surface area contributed by atoms with E-state index in [4.69, 9.17) is 0 Å². The number of piperazine rings is 1. The maximum absolute atomic E-state index is 12.7. The second-order valence-corrected chi connectivity index (χ2v) is 7.09. The topological polar surface area (TPSA) is 23.6 Å². The van der Waals surface area contributed by atoms with Crippen molar-refractivity contribution in [1.82, 2.24) is 4.90 Å². The molecule has 1 aliphatic carbocycles. The first-order chi connectivity index (χ1) is 11.2. The fourth-order valence-electron chi connectivity index (χ4n) is 4.67. The van der Waals surface area contributed by atoms with E-state index in [0.717, 1.165) is 25.1 Å². The Morgan fingerprint density at radius 1 is 1.22 bits per heavy atom. The van der Waals surface area contributed by atoms with Gasteiger partial charge >= 0.3 is 0 Å². The molecule has 0 N–H and O–H groups in total. The van der Waals surface area contributed by atoms with E-state index in [9.17, 15) is 4.79 Å². The molecule has 0 radical (unpaired) electrons. The lowest BCUT2D eigenvalue weighted by Crippen LogP contribution is -2.60. The van der Waals surface area contributed by atoms with Gasteiger partial charge in [0.05, 0.1) is 11.7 Å². The zero-order valence-corrected chi connectivity index (χ0v) is 13.3. The van der Waals surface area contributed by atoms with Gasteiger partial charge in [-0.3, -0.25) is 4.79 Å². The largest absolute Gasteiger partial charge is 0.357 e. The van der Waals surface area contributed by atoms with E-state index in [2.05, 4.69) is 47.2 Å². The maximum Gasteiger partial charge on any atom is 0.167 e. The van der Waals surface area contributed by atoms with Crippen LogP contribution in [0, 0.1) is 0 Å². The lowest BCUT2D eigenvalue weighted by Gasteiger charge is -2.50. The summed E-state index contributed by atoms with van der Waals surface area (Å²) >= 11 is 0. The van der Waals surface area contributed by atoms with E-state index < -0.39 is 0 Å². The minimum absolute atomic E-state index is 0.291. The molecule has 2 atom stereocenters. The van der Waals surface area contributed by atoms with Crippen molar-refractivity contribution in [2.45, 2.75) is 24.9 Å². The number of ketones is 1. The molecule has 3 aliphatic heterocycles. The van der Waals surface area contributed by atoms with Crippen LogP contribution in [0.25, 0.3) is 6.08 Å². The molecule has 4 aliphatic rings. The van der Waals surface area contributed by atoms with Crippen LogP contribution in [0.3, 0.4) is 0 Å². The molecule has 0 aromatic heterocycles. The minimum Gasteiger partial charge on any atom is -0.357 e. The average molecular weight is 304 g/mol. The standard InChI is InChI=1S/C20H20N2O/c1-21-11-15-10-19(23)17-8-4-6-14-9-13-5-2-3-7-16(13)18(12-21)22(15)20(14)17/h2-4,6-9,15,18H,5,10-12H2,1H3. The Morgan fingerprint density at radius 3 is 3.04 bits per heavy atom. The van der Waals surface area contributed by atoms with Gasteiger partial charge in [-0.25, -0.2) is 0 Å². The van der Waals surface area contributed by atoms with E-state index in [1.54, 1.807) is 0 Å². The number of nitrogens with zero attached hydrogens (tertiary/aromatic N) is 2. The number of para-hydroxylation sites is 1. The summed E-state index contributed by atoms with van der Waals surface area (Å²) in [5.74, 6) is 0.299. The molecule has 1 fully saturated rings. The highest BCUT2D eigenvalue weighted by Gasteiger charge is 2.43. The molecular weight excluding hydrogens is 284 g/mol. The molecular formula is C20H20N2O. The highest BCUT2D eigenvalue weighted by atomic mass is 16.1. The Kier molecular flexibility index (Phi) is 2.71. The van der Waals surface area contributed by atoms with Crippen LogP contribution in [-0.4, -0.2) is 42.9 Å². The zero-order valence-electron chi connectivity index (χ0n) is 13.3. The van der Waals surface area contributed by atoms with Gasteiger partial charge < -0.3 is 9.80 Å². The summed E-state index contributed by atoms with van der Waals surface area (Å²) < 4.78 is 0. The highest BCUT2D eigenvalue weighted by Crippen LogP contribution is 2.44. The molecule has 1 aromatic rings. The van der Waals surface area contributed by atoms with Gasteiger partial charge in [0.15, 0.2) is 5.78 Å². The molecule has 0 spiro atoms. The third kappa shape index (κ3) is 1.83. The van der Waals surface area contributed by atoms with Crippen LogP contribution in [0.4, 0.5) is 5.69 Å². The minimum atomic E-state index is 0.291. The summed E-state index contributed by atoms with van der Waals surface area (Å²) in [6.45, 7) is 1.99. The molecule has 3 heterocycles. The van der Waals surface area contributed by atoms with Gasteiger partial charge in [-0.1, -0.05) is 30.4 Å². The molecule has 23 heavy (non-hydrogen) atoms. The Morgan fingerprint density at radius 2 is 2.13 bits per heavy atom. The average Bonchev–Trinajstić information content (AvgIpc) is 2.68. The fraction of sp³-hybridized carbons (Fsp3) is 0.350. The van der Waals surface area contributed by atoms with Crippen molar-refractivity contribution in [3.8, 4) is 0 Å². The van der Waals surface area contributed by atoms with E-state index >= 15 is 0 Å². The Labute approximate surface area is 136 Å². The summed E-state index contributed by atoms with van der Waals surface area (Å²) in [7, 11) is 2.18. The zero-order chi connectivity index (χ0) is 15.6. The van der Waals surface area contributed by atoms with Gasteiger partial charge in [0, 0.05) is 31.1 Å². The van der Waals surface area contributed by atoms with E-state index in [1.807, 2.05) is 12.1 Å². The molecule has 5 rings (SSSR count). The lowest BCUT2D eigenvalue weighted by atomic mass is 9.86. The molecule has 116 valence electrons. The number of Topliss-reactive ketones (excluding diaryl/α,β-unsaturated/α-hetero) is 1. The van der Waals surface area contributed by atoms with Gasteiger partial charge in [-0.15, -0.1) is 0 Å². The predicted molar refractivity (Wildman–Crippen MR) is 92.8 cm³/mol. The number of rotatable bonds is 0. The van der Waals surface area contributed by atoms with Crippen molar-refractivity contribution in [3.05, 3.63) is 58.7 Å². The maximum atomic E-state index is 12.7. The van der Waals surface area contributed by atoms with Crippen LogP contribution < -0.4 is 4.90 Å². The third-order valence-electron chi connectivity index (χ3n) is 5.59. The van der Waals surface area contributed by atoms with Gasteiger partial charge in [-0.05, 0) is 42.3 Å². The molecule has 3 nitrogen and oxygen atoms in total. The van der Waals surface area contributed by atoms with Crippen molar-refractivity contribution in [3.63, 3.8) is 0 Å². The van der Waals surface area contributed by atoms with Crippen molar-refractivity contribution >= 4 is 17.5 Å². The second-order valence-electron chi connectivity index (χ2n) is 7.09. The number of allylic oxidation sites excluding steroid dienone is 3. The first-order valence-corrected chi connectivity index (χ1v) is 8.43. The summed E-state index contributed by atoms with van der Waals surface area (Å²) in [5.41, 5.74) is 6.14. The SMILES string of the molecule is CN1CC2CC(=O)c3cccc4c3N2C(C1)C1=CC=CCC1=C4. The van der Waals surface area contributed by atoms with Crippen LogP contribution in [0.2, 0.25) is 0 Å². The number of hydrogen-bond donors (Lipinski definition) is 0. The van der Waals surface area contributed by atoms with Gasteiger partial charge in [-0.2, -0.15) is 0 Å². The summed E-state index contributed by atoms with van der Waals surface area (Å²) in [4.78, 5) is 17.6. The number of hydrogen-bond acceptors (Lipinski definition) is 3. The Bertz CT molecular complexity index is 802. The van der Waals surface area contributed by atoms with Crippen LogP contribution in [-0.2, 0) is 0 Å². The first kappa shape index (κ1) is 13.3. The fourth-order valence-corrected chi connectivity index (χ4v) is 4.67. The van der Waals surface area contributed by atoms with E-state index in [1.165, 1.54) is 22.4 Å². The smallest absolute Gasteiger partial charge is 0.167 e. The molecule has 1 saturated heterocycles. The molecule has 0 bridgehead atoms.